The van der Waals surface area contributed by atoms with Gasteiger partial charge in [-0.1, -0.05) is 0 Å². The molecule has 0 saturated carbocycles. The monoisotopic (exact) mass is 301 g/mol. The van der Waals surface area contributed by atoms with Gasteiger partial charge in [0, 0.05) is 37.6 Å². The quantitative estimate of drug-likeness (QED) is 0.890. The zero-order valence-corrected chi connectivity index (χ0v) is 12.0. The van der Waals surface area contributed by atoms with Crippen LogP contribution in [-0.2, 0) is 26.2 Å². The average molecular weight is 301 g/mol. The van der Waals surface area contributed by atoms with Gasteiger partial charge in [0.25, 0.3) is 0 Å². The Labute approximate surface area is 120 Å². The Bertz CT molecular complexity index is 585. The molecule has 0 aliphatic carbocycles. The summed E-state index contributed by atoms with van der Waals surface area (Å²) in [4.78, 5) is 0. The van der Waals surface area contributed by atoms with E-state index >= 15 is 0 Å². The molecule has 5 nitrogen and oxygen atoms in total. The van der Waals surface area contributed by atoms with Gasteiger partial charge in [-0.15, -0.1) is 0 Å². The van der Waals surface area contributed by atoms with Crippen LogP contribution in [-0.4, -0.2) is 25.7 Å². The Morgan fingerprint density at radius 1 is 1.19 bits per heavy atom. The number of aromatic nitrogens is 4. The summed E-state index contributed by atoms with van der Waals surface area (Å²) in [5, 5.41) is 11.4. The van der Waals surface area contributed by atoms with Crippen molar-refractivity contribution in [2.45, 2.75) is 46.2 Å². The largest absolute Gasteiger partial charge is 0.408 e. The van der Waals surface area contributed by atoms with E-state index in [0.29, 0.717) is 18.8 Å². The highest BCUT2D eigenvalue weighted by atomic mass is 19.4. The van der Waals surface area contributed by atoms with Crippen molar-refractivity contribution in [3.05, 3.63) is 35.4 Å². The fourth-order valence-corrected chi connectivity index (χ4v) is 1.99. The van der Waals surface area contributed by atoms with E-state index in [0.717, 1.165) is 22.5 Å². The van der Waals surface area contributed by atoms with Crippen LogP contribution in [0.2, 0.25) is 0 Å². The molecule has 0 unspecified atom stereocenters. The van der Waals surface area contributed by atoms with Gasteiger partial charge in [0.05, 0.1) is 11.4 Å². The number of hydrogen-bond donors (Lipinski definition) is 1. The van der Waals surface area contributed by atoms with Gasteiger partial charge in [0.15, 0.2) is 0 Å². The highest BCUT2D eigenvalue weighted by Gasteiger charge is 2.28. The smallest absolute Gasteiger partial charge is 0.307 e. The number of nitrogens with zero attached hydrogens (tertiary/aromatic N) is 4. The van der Waals surface area contributed by atoms with E-state index < -0.39 is 12.7 Å². The first kappa shape index (κ1) is 15.6. The van der Waals surface area contributed by atoms with Crippen molar-refractivity contribution in [3.8, 4) is 0 Å². The topological polar surface area (TPSA) is 47.7 Å². The van der Waals surface area contributed by atoms with Gasteiger partial charge >= 0.3 is 6.18 Å². The summed E-state index contributed by atoms with van der Waals surface area (Å²) in [6.07, 6.45) is -0.946. The van der Waals surface area contributed by atoms with Crippen LogP contribution in [0.3, 0.4) is 0 Å². The maximum atomic E-state index is 12.2. The first-order chi connectivity index (χ1) is 9.87. The van der Waals surface area contributed by atoms with Crippen molar-refractivity contribution in [2.75, 3.05) is 0 Å². The molecule has 0 fully saturated rings. The molecule has 2 rings (SSSR count). The molecule has 0 aliphatic heterocycles. The number of hydrogen-bond acceptors (Lipinski definition) is 3. The Hall–Kier alpha value is -1.83. The third kappa shape index (κ3) is 4.59. The first-order valence-corrected chi connectivity index (χ1v) is 6.70. The molecule has 1 N–H and O–H groups in total. The molecule has 0 saturated heterocycles. The fraction of sp³-hybridized carbons (Fsp3) is 0.538. The van der Waals surface area contributed by atoms with Crippen molar-refractivity contribution >= 4 is 0 Å². The summed E-state index contributed by atoms with van der Waals surface area (Å²) in [6, 6.07) is 1.58. The van der Waals surface area contributed by atoms with Gasteiger partial charge in [-0.05, 0) is 19.9 Å². The molecule has 116 valence electrons. The maximum absolute atomic E-state index is 12.2. The number of rotatable bonds is 6. The lowest BCUT2D eigenvalue weighted by Crippen LogP contribution is -2.19. The highest BCUT2D eigenvalue weighted by Crippen LogP contribution is 2.16. The van der Waals surface area contributed by atoms with Gasteiger partial charge in [0.2, 0.25) is 0 Å². The van der Waals surface area contributed by atoms with Crippen molar-refractivity contribution in [1.29, 1.82) is 0 Å². The molecule has 2 aromatic heterocycles. The Morgan fingerprint density at radius 3 is 2.57 bits per heavy atom. The second-order valence-electron chi connectivity index (χ2n) is 4.82. The molecule has 0 atom stereocenters. The molecular formula is C13H18F3N5. The molecule has 0 aromatic carbocycles. The third-order valence-corrected chi connectivity index (χ3v) is 3.03. The van der Waals surface area contributed by atoms with Crippen LogP contribution in [0.1, 0.15) is 23.9 Å². The van der Waals surface area contributed by atoms with Gasteiger partial charge in [-0.25, -0.2) is 0 Å². The van der Waals surface area contributed by atoms with Gasteiger partial charge in [0.1, 0.15) is 6.54 Å². The average Bonchev–Trinajstić information content (AvgIpc) is 2.95. The SMILES string of the molecule is CCn1cc(CNCc2ccn(CC(F)(F)F)n2)c(C)n1. The Morgan fingerprint density at radius 2 is 1.95 bits per heavy atom. The molecule has 8 heteroatoms. The van der Waals surface area contributed by atoms with Crippen molar-refractivity contribution in [3.63, 3.8) is 0 Å². The first-order valence-electron chi connectivity index (χ1n) is 6.70. The summed E-state index contributed by atoms with van der Waals surface area (Å²) in [5.74, 6) is 0. The van der Waals surface area contributed by atoms with Crippen LogP contribution in [0.15, 0.2) is 18.5 Å². The van der Waals surface area contributed by atoms with Crippen LogP contribution in [0, 0.1) is 6.92 Å². The predicted octanol–water partition coefficient (Wildman–Crippen LogP) is 2.26. The maximum Gasteiger partial charge on any atom is 0.408 e. The fourth-order valence-electron chi connectivity index (χ4n) is 1.99. The summed E-state index contributed by atoms with van der Waals surface area (Å²) in [6.45, 7) is 4.72. The summed E-state index contributed by atoms with van der Waals surface area (Å²) in [7, 11) is 0. The number of halogens is 3. The molecule has 0 bridgehead atoms. The molecule has 0 amide bonds. The van der Waals surface area contributed by atoms with Crippen LogP contribution < -0.4 is 5.32 Å². The highest BCUT2D eigenvalue weighted by molar-refractivity contribution is 5.15. The van der Waals surface area contributed by atoms with E-state index in [1.807, 2.05) is 24.7 Å². The van der Waals surface area contributed by atoms with Crippen LogP contribution in [0.25, 0.3) is 0 Å². The van der Waals surface area contributed by atoms with Crippen molar-refractivity contribution in [2.24, 2.45) is 0 Å². The second kappa shape index (κ2) is 6.30. The summed E-state index contributed by atoms with van der Waals surface area (Å²) in [5.41, 5.74) is 2.61. The minimum atomic E-state index is -4.25. The van der Waals surface area contributed by atoms with Crippen molar-refractivity contribution < 1.29 is 13.2 Å². The van der Waals surface area contributed by atoms with E-state index in [2.05, 4.69) is 15.5 Å². The third-order valence-electron chi connectivity index (χ3n) is 3.03. The molecule has 2 aromatic rings. The van der Waals surface area contributed by atoms with Crippen molar-refractivity contribution in [1.82, 2.24) is 24.9 Å². The molecular weight excluding hydrogens is 283 g/mol. The van der Waals surface area contributed by atoms with Gasteiger partial charge in [-0.2, -0.15) is 23.4 Å². The lowest BCUT2D eigenvalue weighted by Gasteiger charge is -2.05. The Kier molecular flexibility index (Phi) is 4.66. The molecule has 0 radical (unpaired) electrons. The summed E-state index contributed by atoms with van der Waals surface area (Å²) >= 11 is 0. The van der Waals surface area contributed by atoms with Crippen LogP contribution >= 0.6 is 0 Å². The zero-order chi connectivity index (χ0) is 15.5. The lowest BCUT2D eigenvalue weighted by molar-refractivity contribution is -0.142. The van der Waals surface area contributed by atoms with E-state index in [4.69, 9.17) is 0 Å². The zero-order valence-electron chi connectivity index (χ0n) is 12.0. The standard InChI is InChI=1S/C13H18F3N5/c1-3-20-8-11(10(2)18-20)6-17-7-12-4-5-21(19-12)9-13(14,15)16/h4-5,8,17H,3,6-7,9H2,1-2H3. The predicted molar refractivity (Wildman–Crippen MR) is 71.5 cm³/mol. The Balaban J connectivity index is 1.84. The minimum absolute atomic E-state index is 0.418. The second-order valence-corrected chi connectivity index (χ2v) is 4.82. The normalized spacial score (nSPS) is 12.0. The molecule has 0 aliphatic rings. The number of nitrogens with one attached hydrogen (secondary N) is 1. The number of aryl methyl sites for hydroxylation is 2. The lowest BCUT2D eigenvalue weighted by atomic mass is 10.2. The van der Waals surface area contributed by atoms with Crippen LogP contribution in [0.5, 0.6) is 0 Å². The number of alkyl halides is 3. The van der Waals surface area contributed by atoms with Gasteiger partial charge in [-0.3, -0.25) is 9.36 Å². The van der Waals surface area contributed by atoms with Crippen LogP contribution in [0.4, 0.5) is 13.2 Å². The molecule has 2 heterocycles. The van der Waals surface area contributed by atoms with E-state index in [9.17, 15) is 13.2 Å². The van der Waals surface area contributed by atoms with E-state index in [1.165, 1.54) is 6.20 Å². The molecule has 21 heavy (non-hydrogen) atoms. The van der Waals surface area contributed by atoms with Gasteiger partial charge < -0.3 is 5.32 Å². The molecule has 0 spiro atoms. The van der Waals surface area contributed by atoms with E-state index in [1.54, 1.807) is 6.07 Å². The minimum Gasteiger partial charge on any atom is -0.307 e. The summed E-state index contributed by atoms with van der Waals surface area (Å²) < 4.78 is 39.4. The van der Waals surface area contributed by atoms with E-state index in [-0.39, 0.29) is 0 Å².